The molecule has 35 heavy (non-hydrogen) atoms. The lowest BCUT2D eigenvalue weighted by Crippen LogP contribution is -2.17. The number of nitrogens with one attached hydrogen (secondary N) is 1. The first kappa shape index (κ1) is 24.1. The number of aryl methyl sites for hydroxylation is 1. The van der Waals surface area contributed by atoms with Gasteiger partial charge in [0.05, 0.1) is 17.1 Å². The van der Waals surface area contributed by atoms with Gasteiger partial charge in [-0.05, 0) is 60.4 Å². The van der Waals surface area contributed by atoms with Gasteiger partial charge in [-0.25, -0.2) is 4.98 Å². The second-order valence-electron chi connectivity index (χ2n) is 8.05. The highest BCUT2D eigenvalue weighted by Crippen LogP contribution is 2.33. The monoisotopic (exact) mass is 483 g/mol. The van der Waals surface area contributed by atoms with Gasteiger partial charge in [0.25, 0.3) is 0 Å². The minimum atomic E-state index is -4.76. The average Bonchev–Trinajstić information content (AvgIpc) is 3.16. The Morgan fingerprint density at radius 2 is 1.80 bits per heavy atom. The zero-order valence-electron chi connectivity index (χ0n) is 18.9. The molecule has 182 valence electrons. The van der Waals surface area contributed by atoms with Crippen molar-refractivity contribution in [2.75, 3.05) is 5.32 Å². The molecule has 1 aromatic heterocycles. The van der Waals surface area contributed by atoms with Crippen LogP contribution >= 0.6 is 0 Å². The molecule has 0 aliphatic carbocycles. The molecule has 9 heteroatoms. The molecule has 0 radical (unpaired) electrons. The Morgan fingerprint density at radius 1 is 1.09 bits per heavy atom. The van der Waals surface area contributed by atoms with E-state index in [1.807, 2.05) is 48.5 Å². The quantitative estimate of drug-likeness (QED) is 0.277. The maximum Gasteiger partial charge on any atom is 0.573 e. The van der Waals surface area contributed by atoms with Crippen molar-refractivity contribution in [1.82, 2.24) is 9.55 Å². The molecule has 2 N–H and O–H groups in total. The van der Waals surface area contributed by atoms with Crippen LogP contribution in [0.2, 0.25) is 0 Å². The molecule has 0 saturated heterocycles. The van der Waals surface area contributed by atoms with Gasteiger partial charge in [-0.15, -0.1) is 13.2 Å². The Morgan fingerprint density at radius 3 is 2.43 bits per heavy atom. The van der Waals surface area contributed by atoms with Crippen LogP contribution < -0.4 is 10.1 Å². The summed E-state index contributed by atoms with van der Waals surface area (Å²) in [4.78, 5) is 15.7. The molecule has 1 atom stereocenters. The minimum absolute atomic E-state index is 0.0191. The molecule has 0 aliphatic rings. The first-order valence-corrected chi connectivity index (χ1v) is 11.1. The molecule has 1 heterocycles. The third kappa shape index (κ3) is 5.92. The number of anilines is 2. The van der Waals surface area contributed by atoms with Gasteiger partial charge < -0.3 is 19.7 Å². The number of imidazole rings is 1. The first-order valence-electron chi connectivity index (χ1n) is 11.1. The number of nitrogens with zero attached hydrogens (tertiary/aromatic N) is 2. The van der Waals surface area contributed by atoms with Gasteiger partial charge >= 0.3 is 12.3 Å². The largest absolute Gasteiger partial charge is 0.573 e. The van der Waals surface area contributed by atoms with Crippen molar-refractivity contribution in [1.29, 1.82) is 0 Å². The SMILES string of the molecule is CC[C@H](c1ccccc1)n1c(Nc2ccc(OC(F)(F)F)cc2)nc2cc(CCC(=O)O)ccc21. The number of ether oxygens (including phenoxy) is 1. The molecule has 0 bridgehead atoms. The highest BCUT2D eigenvalue weighted by molar-refractivity contribution is 5.81. The third-order valence-corrected chi connectivity index (χ3v) is 5.61. The Hall–Kier alpha value is -4.01. The molecule has 6 nitrogen and oxygen atoms in total. The fraction of sp³-hybridized carbons (Fsp3) is 0.231. The highest BCUT2D eigenvalue weighted by atomic mass is 19.4. The number of benzene rings is 3. The van der Waals surface area contributed by atoms with Crippen molar-refractivity contribution in [3.05, 3.63) is 83.9 Å². The fourth-order valence-electron chi connectivity index (χ4n) is 4.07. The molecule has 0 unspecified atom stereocenters. The van der Waals surface area contributed by atoms with Crippen LogP contribution in [-0.4, -0.2) is 27.0 Å². The van der Waals surface area contributed by atoms with Gasteiger partial charge in [0.2, 0.25) is 5.95 Å². The van der Waals surface area contributed by atoms with Crippen molar-refractivity contribution in [3.63, 3.8) is 0 Å². The predicted molar refractivity (Wildman–Crippen MR) is 127 cm³/mol. The van der Waals surface area contributed by atoms with E-state index in [0.717, 1.165) is 23.1 Å². The summed E-state index contributed by atoms with van der Waals surface area (Å²) in [5.41, 5.74) is 4.05. The number of carboxylic acid groups (broad SMARTS) is 1. The van der Waals surface area contributed by atoms with Crippen molar-refractivity contribution in [2.24, 2.45) is 0 Å². The van der Waals surface area contributed by atoms with Crippen molar-refractivity contribution in [3.8, 4) is 5.75 Å². The van der Waals surface area contributed by atoms with Crippen LogP contribution in [0.1, 0.15) is 36.9 Å². The van der Waals surface area contributed by atoms with E-state index in [2.05, 4.69) is 21.5 Å². The van der Waals surface area contributed by atoms with E-state index in [1.54, 1.807) is 0 Å². The molecule has 4 aromatic rings. The summed E-state index contributed by atoms with van der Waals surface area (Å²) in [6.07, 6.45) is -3.59. The Labute approximate surface area is 200 Å². The second kappa shape index (κ2) is 10.1. The number of carboxylic acids is 1. The number of hydrogen-bond donors (Lipinski definition) is 2. The molecule has 4 rings (SSSR count). The molecule has 0 saturated carbocycles. The molecular weight excluding hydrogens is 459 g/mol. The maximum absolute atomic E-state index is 12.5. The standard InChI is InChI=1S/C26H24F3N3O3/c1-2-22(18-6-4-3-5-7-18)32-23-14-8-17(9-15-24(33)34)16-21(23)31-25(32)30-19-10-12-20(13-11-19)35-26(27,28)29/h3-8,10-14,16,22H,2,9,15H2,1H3,(H,30,31)(H,33,34)/t22-/m1/s1. The zero-order valence-corrected chi connectivity index (χ0v) is 18.9. The van der Waals surface area contributed by atoms with Crippen LogP contribution in [0.5, 0.6) is 5.75 Å². The van der Waals surface area contributed by atoms with Gasteiger partial charge in [-0.2, -0.15) is 0 Å². The predicted octanol–water partition coefficient (Wildman–Crippen LogP) is 6.70. The van der Waals surface area contributed by atoms with E-state index in [4.69, 9.17) is 10.1 Å². The van der Waals surface area contributed by atoms with Crippen LogP contribution in [0.25, 0.3) is 11.0 Å². The summed E-state index contributed by atoms with van der Waals surface area (Å²) in [6.45, 7) is 2.07. The van der Waals surface area contributed by atoms with E-state index < -0.39 is 12.3 Å². The van der Waals surface area contributed by atoms with E-state index in [1.165, 1.54) is 24.3 Å². The van der Waals surface area contributed by atoms with E-state index >= 15 is 0 Å². The Bertz CT molecular complexity index is 1300. The number of hydrogen-bond acceptors (Lipinski definition) is 4. The van der Waals surface area contributed by atoms with Gasteiger partial charge in [-0.1, -0.05) is 43.3 Å². The number of carbonyl (C=O) groups is 1. The summed E-state index contributed by atoms with van der Waals surface area (Å²) in [5.74, 6) is -0.656. The smallest absolute Gasteiger partial charge is 0.481 e. The normalized spacial score (nSPS) is 12.5. The average molecular weight is 483 g/mol. The van der Waals surface area contributed by atoms with Gasteiger partial charge in [0, 0.05) is 12.1 Å². The van der Waals surface area contributed by atoms with Crippen LogP contribution in [0.3, 0.4) is 0 Å². The topological polar surface area (TPSA) is 76.4 Å². The molecular formula is C26H24F3N3O3. The number of fused-ring (bicyclic) bond motifs is 1. The lowest BCUT2D eigenvalue weighted by molar-refractivity contribution is -0.274. The lowest BCUT2D eigenvalue weighted by atomic mass is 10.0. The number of halogens is 3. The van der Waals surface area contributed by atoms with Crippen LogP contribution in [0, 0.1) is 0 Å². The van der Waals surface area contributed by atoms with E-state index in [-0.39, 0.29) is 18.2 Å². The molecule has 3 aromatic carbocycles. The molecule has 0 amide bonds. The lowest BCUT2D eigenvalue weighted by Gasteiger charge is -2.21. The summed E-state index contributed by atoms with van der Waals surface area (Å²) in [7, 11) is 0. The van der Waals surface area contributed by atoms with Gasteiger partial charge in [-0.3, -0.25) is 4.79 Å². The van der Waals surface area contributed by atoms with Crippen LogP contribution in [0.15, 0.2) is 72.8 Å². The number of rotatable bonds is 9. The number of alkyl halides is 3. The fourth-order valence-corrected chi connectivity index (χ4v) is 4.07. The molecule has 0 fully saturated rings. The Balaban J connectivity index is 1.74. The Kier molecular flexibility index (Phi) is 6.95. The highest BCUT2D eigenvalue weighted by Gasteiger charge is 2.31. The summed E-state index contributed by atoms with van der Waals surface area (Å²) >= 11 is 0. The van der Waals surface area contributed by atoms with Crippen LogP contribution in [0.4, 0.5) is 24.8 Å². The number of aliphatic carboxylic acids is 1. The van der Waals surface area contributed by atoms with Crippen molar-refractivity contribution in [2.45, 2.75) is 38.6 Å². The van der Waals surface area contributed by atoms with Crippen molar-refractivity contribution >= 4 is 28.6 Å². The van der Waals surface area contributed by atoms with E-state index in [0.29, 0.717) is 23.6 Å². The first-order chi connectivity index (χ1) is 16.7. The number of aromatic nitrogens is 2. The summed E-state index contributed by atoms with van der Waals surface area (Å²) < 4.78 is 43.5. The zero-order chi connectivity index (χ0) is 25.0. The second-order valence-corrected chi connectivity index (χ2v) is 8.05. The van der Waals surface area contributed by atoms with Crippen molar-refractivity contribution < 1.29 is 27.8 Å². The van der Waals surface area contributed by atoms with E-state index in [9.17, 15) is 18.0 Å². The third-order valence-electron chi connectivity index (χ3n) is 5.61. The van der Waals surface area contributed by atoms with Gasteiger partial charge in [0.15, 0.2) is 0 Å². The maximum atomic E-state index is 12.5. The summed E-state index contributed by atoms with van der Waals surface area (Å²) in [6, 6.07) is 21.1. The molecule has 0 aliphatic heterocycles. The summed E-state index contributed by atoms with van der Waals surface area (Å²) in [5, 5.41) is 12.2. The minimum Gasteiger partial charge on any atom is -0.481 e. The molecule has 0 spiro atoms. The van der Waals surface area contributed by atoms with Crippen LogP contribution in [-0.2, 0) is 11.2 Å². The van der Waals surface area contributed by atoms with Gasteiger partial charge in [0.1, 0.15) is 5.75 Å².